The van der Waals surface area contributed by atoms with E-state index >= 15 is 0 Å². The molecule has 0 spiro atoms. The van der Waals surface area contributed by atoms with Crippen molar-refractivity contribution >= 4 is 0 Å². The van der Waals surface area contributed by atoms with Crippen LogP contribution in [0.1, 0.15) is 33.3 Å². The average molecular weight is 272 g/mol. The third-order valence-corrected chi connectivity index (χ3v) is 3.02. The van der Waals surface area contributed by atoms with Gasteiger partial charge < -0.3 is 9.84 Å². The van der Waals surface area contributed by atoms with Crippen molar-refractivity contribution in [3.05, 3.63) is 35.4 Å². The van der Waals surface area contributed by atoms with Crippen molar-refractivity contribution in [2.45, 2.75) is 46.3 Å². The van der Waals surface area contributed by atoms with Gasteiger partial charge in [0, 0.05) is 18.6 Å². The van der Waals surface area contributed by atoms with Crippen LogP contribution in [0.4, 0.5) is 8.78 Å². The van der Waals surface area contributed by atoms with Crippen LogP contribution in [-0.2, 0) is 11.2 Å². The summed E-state index contributed by atoms with van der Waals surface area (Å²) in [6.45, 7) is 8.05. The second-order valence-electron chi connectivity index (χ2n) is 5.71. The standard InChI is InChI=1S/C15H22F2O2/c1-5-19-14(15(2,3)4)13(18)9-10-11(16)7-6-8-12(10)17/h6-8,13-14,18H,5,9H2,1-4H3. The zero-order valence-electron chi connectivity index (χ0n) is 11.9. The lowest BCUT2D eigenvalue weighted by atomic mass is 9.83. The normalized spacial score (nSPS) is 15.3. The monoisotopic (exact) mass is 272 g/mol. The van der Waals surface area contributed by atoms with E-state index in [1.54, 1.807) is 0 Å². The molecule has 0 saturated heterocycles. The van der Waals surface area contributed by atoms with Crippen LogP contribution >= 0.6 is 0 Å². The molecule has 1 aromatic carbocycles. The predicted octanol–water partition coefficient (Wildman–Crippen LogP) is 3.32. The van der Waals surface area contributed by atoms with Gasteiger partial charge in [-0.3, -0.25) is 0 Å². The Kier molecular flexibility index (Phi) is 5.44. The molecule has 0 aliphatic heterocycles. The quantitative estimate of drug-likeness (QED) is 0.891. The van der Waals surface area contributed by atoms with Gasteiger partial charge in [-0.05, 0) is 24.5 Å². The lowest BCUT2D eigenvalue weighted by Crippen LogP contribution is -2.41. The molecule has 2 nitrogen and oxygen atoms in total. The van der Waals surface area contributed by atoms with Crippen LogP contribution in [-0.4, -0.2) is 23.9 Å². The first-order chi connectivity index (χ1) is 8.77. The van der Waals surface area contributed by atoms with Gasteiger partial charge in [0.25, 0.3) is 0 Å². The van der Waals surface area contributed by atoms with Gasteiger partial charge in [-0.1, -0.05) is 26.8 Å². The Morgan fingerprint density at radius 1 is 1.21 bits per heavy atom. The van der Waals surface area contributed by atoms with Crippen LogP contribution in [0, 0.1) is 17.0 Å². The van der Waals surface area contributed by atoms with E-state index < -0.39 is 23.8 Å². The molecule has 108 valence electrons. The number of hydrogen-bond acceptors (Lipinski definition) is 2. The van der Waals surface area contributed by atoms with E-state index in [2.05, 4.69) is 0 Å². The molecule has 0 bridgehead atoms. The van der Waals surface area contributed by atoms with Crippen molar-refractivity contribution in [1.82, 2.24) is 0 Å². The zero-order valence-corrected chi connectivity index (χ0v) is 11.9. The molecule has 1 N–H and O–H groups in total. The van der Waals surface area contributed by atoms with E-state index in [-0.39, 0.29) is 17.4 Å². The Hall–Kier alpha value is -1.00. The Labute approximate surface area is 113 Å². The van der Waals surface area contributed by atoms with Crippen molar-refractivity contribution in [2.24, 2.45) is 5.41 Å². The fraction of sp³-hybridized carbons (Fsp3) is 0.600. The fourth-order valence-corrected chi connectivity index (χ4v) is 2.16. The van der Waals surface area contributed by atoms with E-state index in [4.69, 9.17) is 4.74 Å². The van der Waals surface area contributed by atoms with Crippen molar-refractivity contribution < 1.29 is 18.6 Å². The molecule has 0 fully saturated rings. The highest BCUT2D eigenvalue weighted by Gasteiger charge is 2.32. The lowest BCUT2D eigenvalue weighted by Gasteiger charge is -2.34. The molecular weight excluding hydrogens is 250 g/mol. The van der Waals surface area contributed by atoms with Crippen LogP contribution in [0.15, 0.2) is 18.2 Å². The van der Waals surface area contributed by atoms with Crippen molar-refractivity contribution in [3.8, 4) is 0 Å². The summed E-state index contributed by atoms with van der Waals surface area (Å²) in [4.78, 5) is 0. The molecule has 1 rings (SSSR count). The Morgan fingerprint density at radius 3 is 2.16 bits per heavy atom. The SMILES string of the molecule is CCOC(C(O)Cc1c(F)cccc1F)C(C)(C)C. The van der Waals surface area contributed by atoms with Gasteiger partial charge in [0.15, 0.2) is 0 Å². The van der Waals surface area contributed by atoms with Crippen molar-refractivity contribution in [2.75, 3.05) is 6.61 Å². The zero-order chi connectivity index (χ0) is 14.6. The third-order valence-electron chi connectivity index (χ3n) is 3.02. The molecule has 0 saturated carbocycles. The molecule has 0 aromatic heterocycles. The number of hydrogen-bond donors (Lipinski definition) is 1. The minimum atomic E-state index is -0.952. The molecule has 0 amide bonds. The summed E-state index contributed by atoms with van der Waals surface area (Å²) in [6.07, 6.45) is -1.52. The highest BCUT2D eigenvalue weighted by molar-refractivity contribution is 5.20. The Bertz CT molecular complexity index is 393. The highest BCUT2D eigenvalue weighted by Crippen LogP contribution is 2.27. The van der Waals surface area contributed by atoms with Crippen LogP contribution < -0.4 is 0 Å². The second-order valence-corrected chi connectivity index (χ2v) is 5.71. The molecule has 19 heavy (non-hydrogen) atoms. The van der Waals surface area contributed by atoms with Crippen molar-refractivity contribution in [3.63, 3.8) is 0 Å². The summed E-state index contributed by atoms with van der Waals surface area (Å²) >= 11 is 0. The van der Waals surface area contributed by atoms with Gasteiger partial charge in [0.1, 0.15) is 11.6 Å². The number of halogens is 2. The van der Waals surface area contributed by atoms with E-state index in [1.807, 2.05) is 27.7 Å². The molecular formula is C15H22F2O2. The minimum absolute atomic E-state index is 0.0936. The van der Waals surface area contributed by atoms with Gasteiger partial charge in [0.2, 0.25) is 0 Å². The molecule has 0 heterocycles. The maximum Gasteiger partial charge on any atom is 0.129 e. The second kappa shape index (κ2) is 6.44. The van der Waals surface area contributed by atoms with E-state index in [0.29, 0.717) is 6.61 Å². The number of aliphatic hydroxyl groups is 1. The Balaban J connectivity index is 2.90. The summed E-state index contributed by atoms with van der Waals surface area (Å²) in [7, 11) is 0. The molecule has 1 aromatic rings. The summed E-state index contributed by atoms with van der Waals surface area (Å²) in [6, 6.07) is 3.69. The molecule has 0 radical (unpaired) electrons. The summed E-state index contributed by atoms with van der Waals surface area (Å²) in [5.41, 5.74) is -0.402. The van der Waals surface area contributed by atoms with Gasteiger partial charge in [-0.25, -0.2) is 8.78 Å². The van der Waals surface area contributed by atoms with Gasteiger partial charge in [0.05, 0.1) is 12.2 Å². The molecule has 2 unspecified atom stereocenters. The largest absolute Gasteiger partial charge is 0.390 e. The van der Waals surface area contributed by atoms with Crippen LogP contribution in [0.3, 0.4) is 0 Å². The first-order valence-electron chi connectivity index (χ1n) is 6.50. The predicted molar refractivity (Wildman–Crippen MR) is 70.9 cm³/mol. The lowest BCUT2D eigenvalue weighted by molar-refractivity contribution is -0.0877. The number of rotatable bonds is 5. The molecule has 4 heteroatoms. The molecule has 0 aliphatic carbocycles. The van der Waals surface area contributed by atoms with Crippen molar-refractivity contribution in [1.29, 1.82) is 0 Å². The maximum absolute atomic E-state index is 13.6. The van der Waals surface area contributed by atoms with Crippen LogP contribution in [0.25, 0.3) is 0 Å². The highest BCUT2D eigenvalue weighted by atomic mass is 19.1. The minimum Gasteiger partial charge on any atom is -0.390 e. The summed E-state index contributed by atoms with van der Waals surface area (Å²) in [5, 5.41) is 10.2. The topological polar surface area (TPSA) is 29.5 Å². The molecule has 2 atom stereocenters. The van der Waals surface area contributed by atoms with Gasteiger partial charge >= 0.3 is 0 Å². The first-order valence-corrected chi connectivity index (χ1v) is 6.50. The van der Waals surface area contributed by atoms with Gasteiger partial charge in [-0.2, -0.15) is 0 Å². The molecule has 0 aliphatic rings. The van der Waals surface area contributed by atoms with Crippen LogP contribution in [0.2, 0.25) is 0 Å². The Morgan fingerprint density at radius 2 is 1.74 bits per heavy atom. The number of benzene rings is 1. The fourth-order valence-electron chi connectivity index (χ4n) is 2.16. The smallest absolute Gasteiger partial charge is 0.129 e. The first kappa shape index (κ1) is 16.1. The van der Waals surface area contributed by atoms with E-state index in [0.717, 1.165) is 0 Å². The van der Waals surface area contributed by atoms with Crippen LogP contribution in [0.5, 0.6) is 0 Å². The average Bonchev–Trinajstić information content (AvgIpc) is 2.29. The number of aliphatic hydroxyl groups excluding tert-OH is 1. The van der Waals surface area contributed by atoms with Gasteiger partial charge in [-0.15, -0.1) is 0 Å². The maximum atomic E-state index is 13.6. The summed E-state index contributed by atoms with van der Waals surface area (Å²) in [5.74, 6) is -1.27. The third kappa shape index (κ3) is 4.25. The number of ether oxygens (including phenoxy) is 1. The summed E-state index contributed by atoms with van der Waals surface area (Å²) < 4.78 is 32.7. The van der Waals surface area contributed by atoms with E-state index in [1.165, 1.54) is 18.2 Å². The van der Waals surface area contributed by atoms with E-state index in [9.17, 15) is 13.9 Å².